The molecule has 1 N–H and O–H groups in total. The zero-order chi connectivity index (χ0) is 14.7. The van der Waals surface area contributed by atoms with Gasteiger partial charge in [0, 0.05) is 17.7 Å². The Bertz CT molecular complexity index is 650. The predicted molar refractivity (Wildman–Crippen MR) is 84.3 cm³/mol. The summed E-state index contributed by atoms with van der Waals surface area (Å²) in [4.78, 5) is 4.86. The Balaban J connectivity index is 2.09. The lowest BCUT2D eigenvalue weighted by molar-refractivity contribution is 0.275. The molecule has 0 aliphatic carbocycles. The molecule has 21 heavy (non-hydrogen) atoms. The standard InChI is InChI=1S/C18H19NO2/c1-21-16-8-7-14-11-15(9-10-20)19-18(17(14)12-16)13-5-3-2-4-6-13/h2-8,12,15,20H,9-11H2,1H3. The third kappa shape index (κ3) is 2.83. The summed E-state index contributed by atoms with van der Waals surface area (Å²) >= 11 is 0. The number of hydrogen-bond acceptors (Lipinski definition) is 3. The summed E-state index contributed by atoms with van der Waals surface area (Å²) in [7, 11) is 1.68. The largest absolute Gasteiger partial charge is 0.497 e. The minimum Gasteiger partial charge on any atom is -0.497 e. The SMILES string of the molecule is COc1ccc2c(c1)C(c1ccccc1)=NC(CCO)C2. The zero-order valence-corrected chi connectivity index (χ0v) is 12.1. The van der Waals surface area contributed by atoms with Crippen LogP contribution < -0.4 is 4.74 Å². The van der Waals surface area contributed by atoms with Crippen molar-refractivity contribution in [1.82, 2.24) is 0 Å². The summed E-state index contributed by atoms with van der Waals surface area (Å²) in [5.41, 5.74) is 4.50. The van der Waals surface area contributed by atoms with Crippen LogP contribution >= 0.6 is 0 Å². The molecular formula is C18H19NO2. The van der Waals surface area contributed by atoms with Gasteiger partial charge in [-0.15, -0.1) is 0 Å². The molecule has 1 heterocycles. The van der Waals surface area contributed by atoms with Gasteiger partial charge in [0.15, 0.2) is 0 Å². The summed E-state index contributed by atoms with van der Waals surface area (Å²) in [5.74, 6) is 0.845. The highest BCUT2D eigenvalue weighted by molar-refractivity contribution is 6.14. The summed E-state index contributed by atoms with van der Waals surface area (Å²) in [5, 5.41) is 9.22. The molecular weight excluding hydrogens is 262 g/mol. The highest BCUT2D eigenvalue weighted by Crippen LogP contribution is 2.28. The molecule has 1 unspecified atom stereocenters. The number of nitrogens with zero attached hydrogens (tertiary/aromatic N) is 1. The minimum absolute atomic E-state index is 0.145. The van der Waals surface area contributed by atoms with E-state index in [-0.39, 0.29) is 12.6 Å². The molecule has 3 heteroatoms. The Morgan fingerprint density at radius 1 is 1.19 bits per heavy atom. The van der Waals surface area contributed by atoms with E-state index < -0.39 is 0 Å². The van der Waals surface area contributed by atoms with Crippen LogP contribution in [0.25, 0.3) is 0 Å². The molecule has 1 atom stereocenters. The van der Waals surface area contributed by atoms with Crippen LogP contribution in [-0.4, -0.2) is 30.6 Å². The summed E-state index contributed by atoms with van der Waals surface area (Å²) < 4.78 is 5.34. The first-order valence-electron chi connectivity index (χ1n) is 7.23. The van der Waals surface area contributed by atoms with Crippen LogP contribution in [0, 0.1) is 0 Å². The van der Waals surface area contributed by atoms with E-state index in [1.807, 2.05) is 24.3 Å². The average molecular weight is 281 g/mol. The smallest absolute Gasteiger partial charge is 0.119 e. The first-order chi connectivity index (χ1) is 10.3. The Morgan fingerprint density at radius 2 is 2.00 bits per heavy atom. The van der Waals surface area contributed by atoms with Gasteiger partial charge in [-0.3, -0.25) is 4.99 Å². The number of aliphatic hydroxyl groups excluding tert-OH is 1. The molecule has 108 valence electrons. The quantitative estimate of drug-likeness (QED) is 0.936. The molecule has 0 radical (unpaired) electrons. The minimum atomic E-state index is 0.145. The van der Waals surface area contributed by atoms with Crippen LogP contribution in [-0.2, 0) is 6.42 Å². The number of benzene rings is 2. The van der Waals surface area contributed by atoms with Gasteiger partial charge in [0.25, 0.3) is 0 Å². The Kier molecular flexibility index (Phi) is 4.02. The molecule has 2 aromatic carbocycles. The highest BCUT2D eigenvalue weighted by Gasteiger charge is 2.22. The van der Waals surface area contributed by atoms with Crippen molar-refractivity contribution in [2.75, 3.05) is 13.7 Å². The number of aliphatic imine (C=N–C) groups is 1. The molecule has 0 saturated heterocycles. The van der Waals surface area contributed by atoms with E-state index in [0.717, 1.165) is 29.0 Å². The predicted octanol–water partition coefficient (Wildman–Crippen LogP) is 2.84. The Morgan fingerprint density at radius 3 is 2.71 bits per heavy atom. The van der Waals surface area contributed by atoms with E-state index in [0.29, 0.717) is 6.42 Å². The fraction of sp³-hybridized carbons (Fsp3) is 0.278. The first kappa shape index (κ1) is 13.8. The topological polar surface area (TPSA) is 41.8 Å². The van der Waals surface area contributed by atoms with Gasteiger partial charge in [0.05, 0.1) is 18.9 Å². The summed E-state index contributed by atoms with van der Waals surface area (Å²) in [6.07, 6.45) is 1.57. The van der Waals surface area contributed by atoms with Crippen LogP contribution in [0.2, 0.25) is 0 Å². The van der Waals surface area contributed by atoms with E-state index in [4.69, 9.17) is 9.73 Å². The van der Waals surface area contributed by atoms with Crippen molar-refractivity contribution in [3.63, 3.8) is 0 Å². The molecule has 3 nitrogen and oxygen atoms in total. The fourth-order valence-corrected chi connectivity index (χ4v) is 2.77. The maximum Gasteiger partial charge on any atom is 0.119 e. The molecule has 1 aliphatic heterocycles. The maximum atomic E-state index is 9.22. The maximum absolute atomic E-state index is 9.22. The molecule has 0 saturated carbocycles. The van der Waals surface area contributed by atoms with Gasteiger partial charge in [0.2, 0.25) is 0 Å². The Labute approximate surface area is 124 Å². The number of methoxy groups -OCH3 is 1. The summed E-state index contributed by atoms with van der Waals surface area (Å²) in [6, 6.07) is 16.5. The van der Waals surface area contributed by atoms with Crippen LogP contribution in [0.1, 0.15) is 23.1 Å². The Hall–Kier alpha value is -2.13. The van der Waals surface area contributed by atoms with Crippen molar-refractivity contribution in [3.8, 4) is 5.75 Å². The molecule has 2 aromatic rings. The summed E-state index contributed by atoms with van der Waals surface area (Å²) in [6.45, 7) is 0.168. The lowest BCUT2D eigenvalue weighted by Crippen LogP contribution is -2.22. The van der Waals surface area contributed by atoms with Crippen LogP contribution in [0.5, 0.6) is 5.75 Å². The second-order valence-corrected chi connectivity index (χ2v) is 5.24. The molecule has 0 amide bonds. The number of hydrogen-bond donors (Lipinski definition) is 1. The van der Waals surface area contributed by atoms with Crippen molar-refractivity contribution in [1.29, 1.82) is 0 Å². The second kappa shape index (κ2) is 6.10. The molecule has 0 bridgehead atoms. The number of aliphatic hydroxyl groups is 1. The van der Waals surface area contributed by atoms with E-state index in [1.54, 1.807) is 7.11 Å². The van der Waals surface area contributed by atoms with Gasteiger partial charge in [-0.25, -0.2) is 0 Å². The van der Waals surface area contributed by atoms with Crippen LogP contribution in [0.3, 0.4) is 0 Å². The third-order valence-corrected chi connectivity index (χ3v) is 3.85. The van der Waals surface area contributed by atoms with Gasteiger partial charge in [-0.05, 0) is 30.5 Å². The molecule has 0 spiro atoms. The number of fused-ring (bicyclic) bond motifs is 1. The number of rotatable bonds is 4. The van der Waals surface area contributed by atoms with Crippen molar-refractivity contribution in [2.45, 2.75) is 18.9 Å². The van der Waals surface area contributed by atoms with Crippen molar-refractivity contribution in [3.05, 3.63) is 65.2 Å². The number of ether oxygens (including phenoxy) is 1. The van der Waals surface area contributed by atoms with Crippen LogP contribution in [0.15, 0.2) is 53.5 Å². The molecule has 3 rings (SSSR count). The monoisotopic (exact) mass is 281 g/mol. The lowest BCUT2D eigenvalue weighted by Gasteiger charge is -2.24. The molecule has 0 aromatic heterocycles. The second-order valence-electron chi connectivity index (χ2n) is 5.24. The van der Waals surface area contributed by atoms with Crippen molar-refractivity contribution >= 4 is 5.71 Å². The fourth-order valence-electron chi connectivity index (χ4n) is 2.77. The average Bonchev–Trinajstić information content (AvgIpc) is 2.55. The first-order valence-corrected chi connectivity index (χ1v) is 7.23. The highest BCUT2D eigenvalue weighted by atomic mass is 16.5. The van der Waals surface area contributed by atoms with E-state index >= 15 is 0 Å². The molecule has 0 fully saturated rings. The van der Waals surface area contributed by atoms with Gasteiger partial charge in [0.1, 0.15) is 5.75 Å². The zero-order valence-electron chi connectivity index (χ0n) is 12.1. The van der Waals surface area contributed by atoms with Crippen molar-refractivity contribution < 1.29 is 9.84 Å². The van der Waals surface area contributed by atoms with Gasteiger partial charge in [-0.2, -0.15) is 0 Å². The molecule has 1 aliphatic rings. The van der Waals surface area contributed by atoms with Gasteiger partial charge < -0.3 is 9.84 Å². The third-order valence-electron chi connectivity index (χ3n) is 3.85. The van der Waals surface area contributed by atoms with Crippen LogP contribution in [0.4, 0.5) is 0 Å². The van der Waals surface area contributed by atoms with E-state index in [2.05, 4.69) is 24.3 Å². The normalized spacial score (nSPS) is 17.0. The lowest BCUT2D eigenvalue weighted by atomic mass is 9.89. The van der Waals surface area contributed by atoms with E-state index in [9.17, 15) is 5.11 Å². The van der Waals surface area contributed by atoms with Crippen molar-refractivity contribution in [2.24, 2.45) is 4.99 Å². The van der Waals surface area contributed by atoms with Gasteiger partial charge >= 0.3 is 0 Å². The van der Waals surface area contributed by atoms with E-state index in [1.165, 1.54) is 5.56 Å². The van der Waals surface area contributed by atoms with Gasteiger partial charge in [-0.1, -0.05) is 36.4 Å².